The van der Waals surface area contributed by atoms with E-state index in [1.807, 2.05) is 0 Å². The molecule has 0 saturated heterocycles. The van der Waals surface area contributed by atoms with Gasteiger partial charge in [-0.05, 0) is 31.4 Å². The van der Waals surface area contributed by atoms with Crippen LogP contribution in [0.4, 0.5) is 0 Å². The Kier molecular flexibility index (Phi) is 27.5. The number of hydrogen-bond donors (Lipinski definition) is 1. The van der Waals surface area contributed by atoms with Gasteiger partial charge in [-0.15, -0.1) is 11.8 Å². The van der Waals surface area contributed by atoms with Gasteiger partial charge in [0.15, 0.2) is 0 Å². The minimum absolute atomic E-state index is 0.246. The number of ether oxygens (including phenoxy) is 2. The molecule has 1 N–H and O–H groups in total. The molecule has 0 spiro atoms. The number of methoxy groups -OCH3 is 1. The van der Waals surface area contributed by atoms with Crippen molar-refractivity contribution in [1.82, 2.24) is 0 Å². The fraction of sp³-hybridized carbons (Fsp3) is 1.00. The molecule has 0 rings (SSSR count). The fourth-order valence-corrected chi connectivity index (χ4v) is 4.78. The fourth-order valence-electron chi connectivity index (χ4n) is 3.75. The Bertz CT molecular complexity index is 302. The number of aliphatic hydroxyl groups is 1. The number of hydrogen-bond acceptors (Lipinski definition) is 4. The number of aliphatic hydroxyl groups excluding tert-OH is 1. The molecule has 4 heteroatoms. The third kappa shape index (κ3) is 24.5. The van der Waals surface area contributed by atoms with Crippen molar-refractivity contribution >= 4 is 11.8 Å². The Morgan fingerprint density at radius 2 is 1.10 bits per heavy atom. The van der Waals surface area contributed by atoms with Gasteiger partial charge in [-0.25, -0.2) is 0 Å². The smallest absolute Gasteiger partial charge is 0.102 e. The first-order chi connectivity index (χ1) is 14.8. The molecule has 1 atom stereocenters. The molecule has 0 heterocycles. The molecule has 0 radical (unpaired) electrons. The largest absolute Gasteiger partial charge is 0.396 e. The first kappa shape index (κ1) is 30.2. The summed E-state index contributed by atoms with van der Waals surface area (Å²) in [7, 11) is 1.77. The zero-order chi connectivity index (χ0) is 22.0. The van der Waals surface area contributed by atoms with Crippen molar-refractivity contribution in [2.24, 2.45) is 0 Å². The van der Waals surface area contributed by atoms with E-state index >= 15 is 0 Å². The zero-order valence-electron chi connectivity index (χ0n) is 20.5. The highest BCUT2D eigenvalue weighted by Crippen LogP contribution is 2.18. The molecule has 0 aliphatic rings. The van der Waals surface area contributed by atoms with E-state index < -0.39 is 0 Å². The third-order valence-corrected chi connectivity index (χ3v) is 7.06. The molecular formula is C26H54O3S. The summed E-state index contributed by atoms with van der Waals surface area (Å²) < 4.78 is 11.2. The van der Waals surface area contributed by atoms with Gasteiger partial charge >= 0.3 is 0 Å². The summed E-state index contributed by atoms with van der Waals surface area (Å²) in [4.78, 5) is 0. The van der Waals surface area contributed by atoms with Gasteiger partial charge in [0.2, 0.25) is 0 Å². The monoisotopic (exact) mass is 446 g/mol. The second kappa shape index (κ2) is 27.3. The van der Waals surface area contributed by atoms with Crippen molar-refractivity contribution < 1.29 is 14.6 Å². The maximum atomic E-state index is 8.83. The number of rotatable bonds is 26. The van der Waals surface area contributed by atoms with Crippen LogP contribution in [-0.2, 0) is 9.47 Å². The van der Waals surface area contributed by atoms with E-state index in [0.29, 0.717) is 0 Å². The van der Waals surface area contributed by atoms with Crippen LogP contribution in [0, 0.1) is 0 Å². The van der Waals surface area contributed by atoms with Gasteiger partial charge in [0, 0.05) is 26.9 Å². The lowest BCUT2D eigenvalue weighted by Gasteiger charge is -2.14. The molecule has 0 amide bonds. The van der Waals surface area contributed by atoms with E-state index in [1.165, 1.54) is 103 Å². The first-order valence-corrected chi connectivity index (χ1v) is 14.2. The van der Waals surface area contributed by atoms with Crippen LogP contribution in [0.25, 0.3) is 0 Å². The van der Waals surface area contributed by atoms with E-state index in [4.69, 9.17) is 14.6 Å². The summed E-state index contributed by atoms with van der Waals surface area (Å²) in [5.41, 5.74) is 0.246. The molecule has 0 aliphatic carbocycles. The summed E-state index contributed by atoms with van der Waals surface area (Å²) in [5.74, 6) is 0.967. The minimum atomic E-state index is 0.246. The van der Waals surface area contributed by atoms with Crippen LogP contribution < -0.4 is 0 Å². The average molecular weight is 447 g/mol. The Hall–Kier alpha value is 0.230. The summed E-state index contributed by atoms with van der Waals surface area (Å²) in [6, 6.07) is 0. The summed E-state index contributed by atoms with van der Waals surface area (Å²) in [6.45, 7) is 4.32. The lowest BCUT2D eigenvalue weighted by molar-refractivity contribution is 0.109. The highest BCUT2D eigenvalue weighted by Gasteiger charge is 2.06. The maximum Gasteiger partial charge on any atom is 0.102 e. The molecule has 0 aromatic heterocycles. The lowest BCUT2D eigenvalue weighted by atomic mass is 10.0. The first-order valence-electron chi connectivity index (χ1n) is 13.2. The van der Waals surface area contributed by atoms with Crippen molar-refractivity contribution in [3.8, 4) is 0 Å². The van der Waals surface area contributed by atoms with Gasteiger partial charge in [-0.1, -0.05) is 103 Å². The van der Waals surface area contributed by atoms with Gasteiger partial charge in [0.1, 0.15) is 5.44 Å². The van der Waals surface area contributed by atoms with Crippen molar-refractivity contribution in [1.29, 1.82) is 0 Å². The van der Waals surface area contributed by atoms with Crippen LogP contribution in [0.1, 0.15) is 129 Å². The van der Waals surface area contributed by atoms with Crippen molar-refractivity contribution in [2.45, 2.75) is 134 Å². The van der Waals surface area contributed by atoms with Crippen molar-refractivity contribution in [3.63, 3.8) is 0 Å². The molecule has 0 aromatic rings. The van der Waals surface area contributed by atoms with Crippen LogP contribution in [-0.4, -0.2) is 43.2 Å². The SMILES string of the molecule is CCCCCCCCCCCCCCCCCCOCCCC(OC)SCCCO. The number of thioether (sulfide) groups is 1. The highest BCUT2D eigenvalue weighted by atomic mass is 32.2. The summed E-state index contributed by atoms with van der Waals surface area (Å²) in [5, 5.41) is 8.83. The van der Waals surface area contributed by atoms with Crippen LogP contribution in [0.15, 0.2) is 0 Å². The van der Waals surface area contributed by atoms with Crippen LogP contribution in [0.5, 0.6) is 0 Å². The van der Waals surface area contributed by atoms with Crippen molar-refractivity contribution in [3.05, 3.63) is 0 Å². The molecule has 30 heavy (non-hydrogen) atoms. The predicted molar refractivity (Wildman–Crippen MR) is 135 cm³/mol. The molecule has 3 nitrogen and oxygen atoms in total. The summed E-state index contributed by atoms with van der Waals surface area (Å²) in [6.07, 6.45) is 25.5. The Labute approximate surface area is 193 Å². The predicted octanol–water partition coefficient (Wildman–Crippen LogP) is 8.13. The van der Waals surface area contributed by atoms with Gasteiger partial charge in [-0.2, -0.15) is 0 Å². The quantitative estimate of drug-likeness (QED) is 0.107. The van der Waals surface area contributed by atoms with Gasteiger partial charge in [-0.3, -0.25) is 0 Å². The molecule has 1 unspecified atom stereocenters. The van der Waals surface area contributed by atoms with E-state index in [0.717, 1.165) is 38.2 Å². The Morgan fingerprint density at radius 1 is 0.633 bits per heavy atom. The molecule has 182 valence electrons. The second-order valence-corrected chi connectivity index (χ2v) is 9.94. The highest BCUT2D eigenvalue weighted by molar-refractivity contribution is 7.99. The topological polar surface area (TPSA) is 38.7 Å². The summed E-state index contributed by atoms with van der Waals surface area (Å²) >= 11 is 1.80. The van der Waals surface area contributed by atoms with E-state index in [2.05, 4.69) is 6.92 Å². The van der Waals surface area contributed by atoms with Crippen LogP contribution >= 0.6 is 11.8 Å². The van der Waals surface area contributed by atoms with E-state index in [1.54, 1.807) is 18.9 Å². The zero-order valence-corrected chi connectivity index (χ0v) is 21.3. The molecule has 0 aromatic carbocycles. The van der Waals surface area contributed by atoms with Gasteiger partial charge in [0.25, 0.3) is 0 Å². The normalized spacial score (nSPS) is 12.5. The van der Waals surface area contributed by atoms with Gasteiger partial charge < -0.3 is 14.6 Å². The van der Waals surface area contributed by atoms with Crippen LogP contribution in [0.3, 0.4) is 0 Å². The molecule has 0 bridgehead atoms. The molecular weight excluding hydrogens is 392 g/mol. The Balaban J connectivity index is 3.12. The van der Waals surface area contributed by atoms with Gasteiger partial charge in [0.05, 0.1) is 0 Å². The molecule has 0 fully saturated rings. The maximum absolute atomic E-state index is 8.83. The lowest BCUT2D eigenvalue weighted by Crippen LogP contribution is -2.09. The Morgan fingerprint density at radius 3 is 1.57 bits per heavy atom. The van der Waals surface area contributed by atoms with E-state index in [9.17, 15) is 0 Å². The third-order valence-electron chi connectivity index (χ3n) is 5.74. The average Bonchev–Trinajstić information content (AvgIpc) is 2.76. The van der Waals surface area contributed by atoms with E-state index in [-0.39, 0.29) is 12.0 Å². The second-order valence-electron chi connectivity index (χ2n) is 8.67. The standard InChI is InChI=1S/C26H54O3S/c1-3-4-5-6-7-8-9-10-11-12-13-14-15-16-17-18-23-29-24-19-21-26(28-2)30-25-20-22-27/h26-27H,3-25H2,1-2H3. The van der Waals surface area contributed by atoms with Crippen LogP contribution in [0.2, 0.25) is 0 Å². The molecule has 0 aliphatic heterocycles. The van der Waals surface area contributed by atoms with Crippen molar-refractivity contribution in [2.75, 3.05) is 32.7 Å². The minimum Gasteiger partial charge on any atom is -0.396 e. The number of unbranched alkanes of at least 4 members (excludes halogenated alkanes) is 15. The molecule has 0 saturated carbocycles.